The molecule has 0 saturated heterocycles. The first kappa shape index (κ1) is 13.8. The lowest BCUT2D eigenvalue weighted by atomic mass is 9.84. The van der Waals surface area contributed by atoms with Crippen LogP contribution in [-0.4, -0.2) is 43.5 Å². The molecule has 0 aromatic carbocycles. The van der Waals surface area contributed by atoms with Gasteiger partial charge in [-0.05, 0) is 64.6 Å². The lowest BCUT2D eigenvalue weighted by molar-refractivity contribution is -0.125. The first-order valence-electron chi connectivity index (χ1n) is 7.26. The van der Waals surface area contributed by atoms with Crippen LogP contribution in [0.5, 0.6) is 0 Å². The van der Waals surface area contributed by atoms with Crippen LogP contribution in [0.2, 0.25) is 0 Å². The van der Waals surface area contributed by atoms with Gasteiger partial charge in [-0.2, -0.15) is 0 Å². The molecular formula is C14H27N3O. The number of rotatable bonds is 7. The van der Waals surface area contributed by atoms with Crippen molar-refractivity contribution in [1.82, 2.24) is 10.2 Å². The van der Waals surface area contributed by atoms with E-state index in [-0.39, 0.29) is 5.91 Å². The van der Waals surface area contributed by atoms with Crippen molar-refractivity contribution in [3.8, 4) is 0 Å². The van der Waals surface area contributed by atoms with E-state index in [1.807, 2.05) is 7.05 Å². The number of amides is 1. The quantitative estimate of drug-likeness (QED) is 0.710. The molecule has 2 aliphatic carbocycles. The Labute approximate surface area is 110 Å². The van der Waals surface area contributed by atoms with E-state index in [0.717, 1.165) is 38.1 Å². The highest BCUT2D eigenvalue weighted by atomic mass is 16.1. The van der Waals surface area contributed by atoms with Gasteiger partial charge in [0, 0.05) is 6.54 Å². The van der Waals surface area contributed by atoms with E-state index in [4.69, 9.17) is 5.73 Å². The van der Waals surface area contributed by atoms with Gasteiger partial charge in [0.2, 0.25) is 5.91 Å². The minimum atomic E-state index is -0.444. The highest BCUT2D eigenvalue weighted by Gasteiger charge is 2.46. The van der Waals surface area contributed by atoms with Gasteiger partial charge in [-0.1, -0.05) is 6.42 Å². The second-order valence-electron chi connectivity index (χ2n) is 6.17. The monoisotopic (exact) mass is 253 g/mol. The van der Waals surface area contributed by atoms with Crippen LogP contribution < -0.4 is 11.1 Å². The number of hydrogen-bond donors (Lipinski definition) is 2. The van der Waals surface area contributed by atoms with E-state index < -0.39 is 5.54 Å². The summed E-state index contributed by atoms with van der Waals surface area (Å²) in [6.45, 7) is 2.30. The van der Waals surface area contributed by atoms with E-state index >= 15 is 0 Å². The third-order valence-electron chi connectivity index (χ3n) is 4.83. The van der Waals surface area contributed by atoms with Crippen LogP contribution in [0.4, 0.5) is 0 Å². The Bertz CT molecular complexity index is 303. The highest BCUT2D eigenvalue weighted by molar-refractivity contribution is 5.85. The van der Waals surface area contributed by atoms with Crippen LogP contribution in [0.15, 0.2) is 0 Å². The van der Waals surface area contributed by atoms with E-state index in [9.17, 15) is 4.79 Å². The number of nitrogens with zero attached hydrogens (tertiary/aromatic N) is 1. The molecule has 0 spiro atoms. The third-order valence-corrected chi connectivity index (χ3v) is 4.83. The van der Waals surface area contributed by atoms with Crippen molar-refractivity contribution in [2.75, 3.05) is 27.2 Å². The maximum Gasteiger partial charge on any atom is 0.238 e. The normalized spacial score (nSPS) is 32.1. The topological polar surface area (TPSA) is 58.4 Å². The average molecular weight is 253 g/mol. The molecule has 0 aromatic heterocycles. The molecule has 3 N–H and O–H groups in total. The minimum absolute atomic E-state index is 0.169. The Hall–Kier alpha value is -0.610. The molecule has 2 atom stereocenters. The molecule has 4 nitrogen and oxygen atoms in total. The molecule has 2 rings (SSSR count). The van der Waals surface area contributed by atoms with Gasteiger partial charge in [0.15, 0.2) is 0 Å². The molecule has 104 valence electrons. The van der Waals surface area contributed by atoms with Crippen LogP contribution in [0, 0.1) is 11.8 Å². The predicted octanol–water partition coefficient (Wildman–Crippen LogP) is 0.962. The molecule has 0 aliphatic heterocycles. The third kappa shape index (κ3) is 2.86. The van der Waals surface area contributed by atoms with Crippen molar-refractivity contribution in [3.63, 3.8) is 0 Å². The molecule has 2 aliphatic rings. The first-order chi connectivity index (χ1) is 8.58. The molecule has 18 heavy (non-hydrogen) atoms. The molecule has 0 bridgehead atoms. The molecule has 4 heteroatoms. The Morgan fingerprint density at radius 2 is 2.17 bits per heavy atom. The molecule has 2 saturated carbocycles. The van der Waals surface area contributed by atoms with Gasteiger partial charge in [-0.25, -0.2) is 0 Å². The van der Waals surface area contributed by atoms with Crippen molar-refractivity contribution in [3.05, 3.63) is 0 Å². The maximum absolute atomic E-state index is 11.7. The fourth-order valence-electron chi connectivity index (χ4n) is 3.45. The Morgan fingerprint density at radius 1 is 1.44 bits per heavy atom. The number of carbonyl (C=O) groups excluding carboxylic acids is 1. The van der Waals surface area contributed by atoms with Crippen LogP contribution in [-0.2, 0) is 4.79 Å². The summed E-state index contributed by atoms with van der Waals surface area (Å²) in [5.74, 6) is 1.17. The minimum Gasteiger partial charge on any atom is -0.368 e. The number of carbonyl (C=O) groups is 1. The molecule has 2 fully saturated rings. The zero-order valence-corrected chi connectivity index (χ0v) is 11.7. The molecule has 1 amide bonds. The summed E-state index contributed by atoms with van der Waals surface area (Å²) in [5, 5.41) is 3.21. The van der Waals surface area contributed by atoms with Crippen molar-refractivity contribution < 1.29 is 4.79 Å². The smallest absolute Gasteiger partial charge is 0.238 e. The summed E-state index contributed by atoms with van der Waals surface area (Å²) in [4.78, 5) is 14.2. The molecule has 0 heterocycles. The second-order valence-corrected chi connectivity index (χ2v) is 6.17. The Kier molecular flexibility index (Phi) is 4.28. The van der Waals surface area contributed by atoms with E-state index in [1.165, 1.54) is 19.4 Å². The lowest BCUT2D eigenvalue weighted by Gasteiger charge is -2.33. The van der Waals surface area contributed by atoms with Crippen LogP contribution in [0.3, 0.4) is 0 Å². The number of nitrogens with one attached hydrogen (secondary N) is 1. The van der Waals surface area contributed by atoms with Gasteiger partial charge in [-0.15, -0.1) is 0 Å². The maximum atomic E-state index is 11.7. The van der Waals surface area contributed by atoms with Gasteiger partial charge in [0.25, 0.3) is 0 Å². The molecule has 0 radical (unpaired) electrons. The van der Waals surface area contributed by atoms with Crippen molar-refractivity contribution in [2.24, 2.45) is 17.6 Å². The lowest BCUT2D eigenvalue weighted by Crippen LogP contribution is -2.56. The van der Waals surface area contributed by atoms with Crippen LogP contribution in [0.25, 0.3) is 0 Å². The molecule has 2 unspecified atom stereocenters. The summed E-state index contributed by atoms with van der Waals surface area (Å²) in [6.07, 6.45) is 7.01. The average Bonchev–Trinajstić information content (AvgIpc) is 3.04. The fourth-order valence-corrected chi connectivity index (χ4v) is 3.45. The summed E-state index contributed by atoms with van der Waals surface area (Å²) in [6, 6.07) is 0. The second kappa shape index (κ2) is 5.57. The van der Waals surface area contributed by atoms with Gasteiger partial charge >= 0.3 is 0 Å². The first-order valence-corrected chi connectivity index (χ1v) is 7.26. The zero-order chi connectivity index (χ0) is 13.2. The van der Waals surface area contributed by atoms with Gasteiger partial charge in [0.1, 0.15) is 5.54 Å². The van der Waals surface area contributed by atoms with Crippen LogP contribution >= 0.6 is 0 Å². The Balaban J connectivity index is 1.84. The summed E-state index contributed by atoms with van der Waals surface area (Å²) in [5.41, 5.74) is 5.17. The predicted molar refractivity (Wildman–Crippen MR) is 73.2 cm³/mol. The highest BCUT2D eigenvalue weighted by Crippen LogP contribution is 2.38. The number of hydrogen-bond acceptors (Lipinski definition) is 3. The SMILES string of the molecule is CNC1(C(N)=O)CCCC1CCN(C)CC1CC1. The van der Waals surface area contributed by atoms with Gasteiger partial charge in [0.05, 0.1) is 0 Å². The van der Waals surface area contributed by atoms with E-state index in [0.29, 0.717) is 5.92 Å². The number of primary amides is 1. The van der Waals surface area contributed by atoms with Crippen molar-refractivity contribution >= 4 is 5.91 Å². The van der Waals surface area contributed by atoms with E-state index in [2.05, 4.69) is 17.3 Å². The Morgan fingerprint density at radius 3 is 2.72 bits per heavy atom. The number of likely N-dealkylation sites (N-methyl/N-ethyl adjacent to an activating group) is 1. The van der Waals surface area contributed by atoms with E-state index in [1.54, 1.807) is 0 Å². The summed E-state index contributed by atoms with van der Waals surface area (Å²) >= 11 is 0. The van der Waals surface area contributed by atoms with Gasteiger partial charge < -0.3 is 16.0 Å². The van der Waals surface area contributed by atoms with Crippen molar-refractivity contribution in [2.45, 2.75) is 44.1 Å². The van der Waals surface area contributed by atoms with Crippen LogP contribution in [0.1, 0.15) is 38.5 Å². The van der Waals surface area contributed by atoms with Crippen molar-refractivity contribution in [1.29, 1.82) is 0 Å². The fraction of sp³-hybridized carbons (Fsp3) is 0.929. The number of nitrogens with two attached hydrogens (primary N) is 1. The summed E-state index contributed by atoms with van der Waals surface area (Å²) < 4.78 is 0. The largest absolute Gasteiger partial charge is 0.368 e. The standard InChI is InChI=1S/C14H27N3O/c1-16-14(13(15)18)8-3-4-12(14)7-9-17(2)10-11-5-6-11/h11-12,16H,3-10H2,1-2H3,(H2,15,18). The summed E-state index contributed by atoms with van der Waals surface area (Å²) in [7, 11) is 4.07. The van der Waals surface area contributed by atoms with Gasteiger partial charge in [-0.3, -0.25) is 4.79 Å². The molecular weight excluding hydrogens is 226 g/mol. The molecule has 0 aromatic rings. The zero-order valence-electron chi connectivity index (χ0n) is 11.7.